The molecule has 1 heterocycles. The lowest BCUT2D eigenvalue weighted by Crippen LogP contribution is -2.24. The van der Waals surface area contributed by atoms with E-state index in [1.54, 1.807) is 18.2 Å². The smallest absolute Gasteiger partial charge is 0.340 e. The fourth-order valence-electron chi connectivity index (χ4n) is 2.93. The molecule has 5 heteroatoms. The van der Waals surface area contributed by atoms with E-state index in [1.807, 2.05) is 31.2 Å². The maximum Gasteiger partial charge on any atom is 0.340 e. The van der Waals surface area contributed by atoms with E-state index < -0.39 is 0 Å². The molecule has 0 atom stereocenters. The molecule has 2 aromatic carbocycles. The molecule has 0 aromatic heterocycles. The van der Waals surface area contributed by atoms with Crippen LogP contribution in [0.2, 0.25) is 0 Å². The van der Waals surface area contributed by atoms with E-state index in [2.05, 4.69) is 11.0 Å². The van der Waals surface area contributed by atoms with Gasteiger partial charge in [-0.05, 0) is 49.7 Å². The Hall–Kier alpha value is -3.13. The van der Waals surface area contributed by atoms with Crippen molar-refractivity contribution in [2.75, 3.05) is 18.6 Å². The molecule has 2 aromatic rings. The Labute approximate surface area is 147 Å². The van der Waals surface area contributed by atoms with Gasteiger partial charge in [-0.1, -0.05) is 11.6 Å². The first-order chi connectivity index (χ1) is 12.1. The fraction of sp³-hybridized carbons (Fsp3) is 0.250. The second-order valence-corrected chi connectivity index (χ2v) is 5.95. The van der Waals surface area contributed by atoms with Crippen molar-refractivity contribution in [1.29, 1.82) is 5.26 Å². The number of aliphatic imine (C=N–C) groups is 1. The van der Waals surface area contributed by atoms with Crippen molar-refractivity contribution in [1.82, 2.24) is 0 Å². The van der Waals surface area contributed by atoms with E-state index in [9.17, 15) is 4.79 Å². The molecule has 0 spiro atoms. The highest BCUT2D eigenvalue weighted by Crippen LogP contribution is 2.27. The highest BCUT2D eigenvalue weighted by Gasteiger charge is 2.21. The lowest BCUT2D eigenvalue weighted by atomic mass is 10.1. The Morgan fingerprint density at radius 2 is 2.00 bits per heavy atom. The zero-order valence-corrected chi connectivity index (χ0v) is 14.3. The molecule has 1 saturated heterocycles. The minimum absolute atomic E-state index is 0.383. The zero-order chi connectivity index (χ0) is 17.8. The average Bonchev–Trinajstić information content (AvgIpc) is 3.10. The zero-order valence-electron chi connectivity index (χ0n) is 14.3. The van der Waals surface area contributed by atoms with Gasteiger partial charge in [-0.3, -0.25) is 0 Å². The minimum atomic E-state index is -0.383. The van der Waals surface area contributed by atoms with Crippen molar-refractivity contribution in [2.45, 2.75) is 19.8 Å². The molecule has 5 nitrogen and oxygen atoms in total. The molecule has 0 aliphatic carbocycles. The first-order valence-electron chi connectivity index (χ1n) is 8.16. The number of ether oxygens (including phenoxy) is 1. The van der Waals surface area contributed by atoms with Gasteiger partial charge in [0.25, 0.3) is 0 Å². The molecule has 0 N–H and O–H groups in total. The summed E-state index contributed by atoms with van der Waals surface area (Å²) in [7, 11) is 1.38. The Morgan fingerprint density at radius 1 is 1.24 bits per heavy atom. The van der Waals surface area contributed by atoms with Crippen molar-refractivity contribution in [3.05, 3.63) is 59.2 Å². The van der Waals surface area contributed by atoms with Crippen LogP contribution in [0.1, 0.15) is 34.3 Å². The van der Waals surface area contributed by atoms with Crippen molar-refractivity contribution < 1.29 is 9.53 Å². The molecule has 0 saturated carbocycles. The Balaban J connectivity index is 1.97. The summed E-state index contributed by atoms with van der Waals surface area (Å²) in [6.07, 6.45) is 1.84. The van der Waals surface area contributed by atoms with Crippen LogP contribution in [0.5, 0.6) is 0 Å². The Kier molecular flexibility index (Phi) is 4.80. The number of anilines is 1. The van der Waals surface area contributed by atoms with Crippen LogP contribution in [-0.4, -0.2) is 25.5 Å². The van der Waals surface area contributed by atoms with Crippen LogP contribution in [0.3, 0.4) is 0 Å². The van der Waals surface area contributed by atoms with Crippen LogP contribution in [0, 0.1) is 18.3 Å². The van der Waals surface area contributed by atoms with Crippen molar-refractivity contribution in [3.63, 3.8) is 0 Å². The monoisotopic (exact) mass is 333 g/mol. The normalized spacial score (nSPS) is 15.2. The van der Waals surface area contributed by atoms with Gasteiger partial charge < -0.3 is 9.64 Å². The van der Waals surface area contributed by atoms with Crippen molar-refractivity contribution in [3.8, 4) is 6.07 Å². The number of amidine groups is 1. The Bertz CT molecular complexity index is 864. The van der Waals surface area contributed by atoms with Gasteiger partial charge in [-0.15, -0.1) is 0 Å². The summed E-state index contributed by atoms with van der Waals surface area (Å²) < 4.78 is 4.88. The third-order valence-corrected chi connectivity index (χ3v) is 4.21. The highest BCUT2D eigenvalue weighted by molar-refractivity contribution is 6.03. The molecule has 0 bridgehead atoms. The summed E-state index contributed by atoms with van der Waals surface area (Å²) in [5, 5.41) is 8.94. The quantitative estimate of drug-likeness (QED) is 0.797. The molecule has 1 aliphatic rings. The molecule has 1 fully saturated rings. The number of esters is 1. The van der Waals surface area contributed by atoms with Gasteiger partial charge in [0.1, 0.15) is 5.84 Å². The average molecular weight is 333 g/mol. The van der Waals surface area contributed by atoms with Gasteiger partial charge in [0.2, 0.25) is 0 Å². The predicted molar refractivity (Wildman–Crippen MR) is 97.4 cm³/mol. The highest BCUT2D eigenvalue weighted by atomic mass is 16.5. The Morgan fingerprint density at radius 3 is 2.68 bits per heavy atom. The number of hydrogen-bond donors (Lipinski definition) is 0. The van der Waals surface area contributed by atoms with Crippen LogP contribution in [0.25, 0.3) is 0 Å². The molecular weight excluding hydrogens is 314 g/mol. The molecular formula is C20H19N3O2. The van der Waals surface area contributed by atoms with Crippen molar-refractivity contribution >= 4 is 23.2 Å². The summed E-state index contributed by atoms with van der Waals surface area (Å²) in [6.45, 7) is 2.80. The maximum absolute atomic E-state index is 12.0. The van der Waals surface area contributed by atoms with E-state index in [4.69, 9.17) is 15.0 Å². The number of hydrogen-bond acceptors (Lipinski definition) is 4. The molecule has 1 aliphatic heterocycles. The number of methoxy groups -OCH3 is 1. The first kappa shape index (κ1) is 16.7. The third kappa shape index (κ3) is 3.53. The fourth-order valence-corrected chi connectivity index (χ4v) is 2.93. The van der Waals surface area contributed by atoms with Crippen molar-refractivity contribution in [2.24, 2.45) is 4.99 Å². The summed E-state index contributed by atoms with van der Waals surface area (Å²) in [5.41, 5.74) is 3.71. The second kappa shape index (κ2) is 7.18. The molecule has 3 rings (SSSR count). The topological polar surface area (TPSA) is 65.7 Å². The lowest BCUT2D eigenvalue weighted by Gasteiger charge is -2.19. The number of benzene rings is 2. The van der Waals surface area contributed by atoms with E-state index in [0.29, 0.717) is 16.8 Å². The van der Waals surface area contributed by atoms with E-state index >= 15 is 0 Å². The minimum Gasteiger partial charge on any atom is -0.465 e. The molecule has 0 amide bonds. The SMILES string of the molecule is COC(=O)c1cc(C)ccc1N=C1CCCN1c1ccc(C#N)cc1. The molecule has 25 heavy (non-hydrogen) atoms. The van der Waals surface area contributed by atoms with Crippen LogP contribution in [0.4, 0.5) is 11.4 Å². The predicted octanol–water partition coefficient (Wildman–Crippen LogP) is 3.98. The standard InChI is InChI=1S/C20H19N3O2/c1-14-5-10-18(17(12-14)20(24)25-2)22-19-4-3-11-23(19)16-8-6-15(13-21)7-9-16/h5-10,12H,3-4,11H2,1-2H3. The van der Waals surface area contributed by atoms with E-state index in [0.717, 1.165) is 36.5 Å². The molecule has 126 valence electrons. The van der Waals surface area contributed by atoms with Crippen LogP contribution in [0.15, 0.2) is 47.5 Å². The van der Waals surface area contributed by atoms with Crippen LogP contribution < -0.4 is 4.90 Å². The summed E-state index contributed by atoms with van der Waals surface area (Å²) in [5.74, 6) is 0.532. The van der Waals surface area contributed by atoms with Gasteiger partial charge in [0, 0.05) is 18.7 Å². The number of nitrogens with zero attached hydrogens (tertiary/aromatic N) is 3. The molecule has 0 unspecified atom stereocenters. The summed E-state index contributed by atoms with van der Waals surface area (Å²) in [6, 6.07) is 15.2. The lowest BCUT2D eigenvalue weighted by molar-refractivity contribution is 0.0601. The number of nitriles is 1. The summed E-state index contributed by atoms with van der Waals surface area (Å²) >= 11 is 0. The third-order valence-electron chi connectivity index (χ3n) is 4.21. The van der Waals surface area contributed by atoms with E-state index in [-0.39, 0.29) is 5.97 Å². The van der Waals surface area contributed by atoms with Gasteiger partial charge in [-0.2, -0.15) is 5.26 Å². The molecule has 0 radical (unpaired) electrons. The van der Waals surface area contributed by atoms with Gasteiger partial charge in [0.15, 0.2) is 0 Å². The van der Waals surface area contributed by atoms with Gasteiger partial charge in [0.05, 0.1) is 30.0 Å². The maximum atomic E-state index is 12.0. The first-order valence-corrected chi connectivity index (χ1v) is 8.16. The second-order valence-electron chi connectivity index (χ2n) is 5.95. The number of aryl methyl sites for hydroxylation is 1. The van der Waals surface area contributed by atoms with Crippen LogP contribution >= 0.6 is 0 Å². The largest absolute Gasteiger partial charge is 0.465 e. The number of carbonyl (C=O) groups is 1. The van der Waals surface area contributed by atoms with Gasteiger partial charge >= 0.3 is 5.97 Å². The number of rotatable bonds is 3. The van der Waals surface area contributed by atoms with E-state index in [1.165, 1.54) is 7.11 Å². The number of carbonyl (C=O) groups excluding carboxylic acids is 1. The van der Waals surface area contributed by atoms with Crippen LogP contribution in [-0.2, 0) is 4.74 Å². The van der Waals surface area contributed by atoms with Gasteiger partial charge in [-0.25, -0.2) is 9.79 Å². The summed E-state index contributed by atoms with van der Waals surface area (Å²) in [4.78, 5) is 18.9.